The van der Waals surface area contributed by atoms with Crippen molar-refractivity contribution in [2.45, 2.75) is 32.7 Å². The molecule has 0 aromatic heterocycles. The summed E-state index contributed by atoms with van der Waals surface area (Å²) in [5.74, 6) is 0.395. The van der Waals surface area contributed by atoms with Gasteiger partial charge in [0, 0.05) is 17.7 Å². The van der Waals surface area contributed by atoms with E-state index in [-0.39, 0.29) is 0 Å². The van der Waals surface area contributed by atoms with Gasteiger partial charge in [0.25, 0.3) is 0 Å². The Labute approximate surface area is 105 Å². The molecule has 0 radical (unpaired) electrons. The summed E-state index contributed by atoms with van der Waals surface area (Å²) in [5.41, 5.74) is 2.42. The van der Waals surface area contributed by atoms with E-state index in [1.54, 1.807) is 0 Å². The quantitative estimate of drug-likeness (QED) is 0.699. The minimum absolute atomic E-state index is 0.395. The molecule has 0 amide bonds. The second-order valence-corrected chi connectivity index (χ2v) is 4.24. The Kier molecular flexibility index (Phi) is 5.55. The molecule has 1 aliphatic heterocycles. The molecule has 0 fully saturated rings. The molecule has 17 heavy (non-hydrogen) atoms. The maximum absolute atomic E-state index is 3.93. The summed E-state index contributed by atoms with van der Waals surface area (Å²) in [6.45, 7) is 12.0. The summed E-state index contributed by atoms with van der Waals surface area (Å²) >= 11 is 0. The highest BCUT2D eigenvalue weighted by molar-refractivity contribution is 5.38. The van der Waals surface area contributed by atoms with Crippen molar-refractivity contribution in [1.82, 2.24) is 5.32 Å². The van der Waals surface area contributed by atoms with Crippen LogP contribution in [0, 0.1) is 5.92 Å². The van der Waals surface area contributed by atoms with Gasteiger partial charge in [0.15, 0.2) is 0 Å². The molecule has 0 bridgehead atoms. The molecule has 0 spiro atoms. The van der Waals surface area contributed by atoms with Crippen LogP contribution in [0.3, 0.4) is 0 Å². The van der Waals surface area contributed by atoms with E-state index in [1.165, 1.54) is 11.3 Å². The number of hydrogen-bond acceptors (Lipinski definition) is 1. The summed E-state index contributed by atoms with van der Waals surface area (Å²) in [4.78, 5) is 0. The Morgan fingerprint density at radius 1 is 1.41 bits per heavy atom. The van der Waals surface area contributed by atoms with Gasteiger partial charge in [-0.1, -0.05) is 43.9 Å². The Bertz CT molecular complexity index is 358. The van der Waals surface area contributed by atoms with E-state index in [4.69, 9.17) is 0 Å². The third kappa shape index (κ3) is 3.48. The molecule has 92 valence electrons. The van der Waals surface area contributed by atoms with Gasteiger partial charge in [-0.05, 0) is 31.4 Å². The van der Waals surface area contributed by atoms with Crippen LogP contribution in [0.2, 0.25) is 0 Å². The Balaban J connectivity index is 2.99. The topological polar surface area (TPSA) is 12.0 Å². The van der Waals surface area contributed by atoms with Crippen LogP contribution in [0.1, 0.15) is 26.7 Å². The lowest BCUT2D eigenvalue weighted by molar-refractivity contribution is 0.519. The average molecular weight is 229 g/mol. The Morgan fingerprint density at radius 3 is 2.71 bits per heavy atom. The predicted octanol–water partition coefficient (Wildman–Crippen LogP) is 4.13. The summed E-state index contributed by atoms with van der Waals surface area (Å²) < 4.78 is 0. The Hall–Kier alpha value is -1.50. The molecule has 1 heteroatoms. The normalized spacial score (nSPS) is 25.3. The zero-order valence-electron chi connectivity index (χ0n) is 10.9. The molecule has 2 atom stereocenters. The van der Waals surface area contributed by atoms with Crippen molar-refractivity contribution >= 4 is 0 Å². The van der Waals surface area contributed by atoms with E-state index in [0.717, 1.165) is 12.8 Å². The van der Waals surface area contributed by atoms with Crippen molar-refractivity contribution in [2.75, 3.05) is 0 Å². The van der Waals surface area contributed by atoms with Crippen LogP contribution in [-0.4, -0.2) is 6.04 Å². The zero-order chi connectivity index (χ0) is 12.7. The first kappa shape index (κ1) is 13.6. The van der Waals surface area contributed by atoms with E-state index in [9.17, 15) is 0 Å². The first-order valence-corrected chi connectivity index (χ1v) is 6.31. The molecule has 1 nitrogen and oxygen atoms in total. The molecule has 1 rings (SSSR count). The van der Waals surface area contributed by atoms with E-state index >= 15 is 0 Å². The SMILES string of the molecule is C=CC1=C(/C=C\C)NC(/C=C\CC)CC1C=C. The largest absolute Gasteiger partial charge is 0.379 e. The fourth-order valence-corrected chi connectivity index (χ4v) is 2.16. The number of allylic oxidation sites excluding steroid dienone is 6. The average Bonchev–Trinajstić information content (AvgIpc) is 2.36. The summed E-state index contributed by atoms with van der Waals surface area (Å²) in [6, 6.07) is 0.396. The molecular formula is C16H23N. The predicted molar refractivity (Wildman–Crippen MR) is 76.7 cm³/mol. The molecule has 0 aliphatic carbocycles. The molecule has 2 unspecified atom stereocenters. The van der Waals surface area contributed by atoms with E-state index < -0.39 is 0 Å². The lowest BCUT2D eigenvalue weighted by atomic mass is 9.86. The van der Waals surface area contributed by atoms with Crippen molar-refractivity contribution in [3.05, 3.63) is 60.9 Å². The third-order valence-electron chi connectivity index (χ3n) is 3.00. The first-order valence-electron chi connectivity index (χ1n) is 6.31. The first-order chi connectivity index (χ1) is 8.26. The fourth-order valence-electron chi connectivity index (χ4n) is 2.16. The van der Waals surface area contributed by atoms with Crippen LogP contribution in [-0.2, 0) is 0 Å². The summed E-state index contributed by atoms with van der Waals surface area (Å²) in [6.07, 6.45) is 14.7. The smallest absolute Gasteiger partial charge is 0.0453 e. The molecule has 0 aromatic rings. The van der Waals surface area contributed by atoms with E-state index in [2.05, 4.69) is 49.7 Å². The van der Waals surface area contributed by atoms with Crippen LogP contribution < -0.4 is 5.32 Å². The number of rotatable bonds is 5. The highest BCUT2D eigenvalue weighted by Crippen LogP contribution is 2.28. The number of hydrogen-bond donors (Lipinski definition) is 1. The third-order valence-corrected chi connectivity index (χ3v) is 3.00. The highest BCUT2D eigenvalue weighted by Gasteiger charge is 2.22. The molecule has 0 aromatic carbocycles. The van der Waals surface area contributed by atoms with Crippen molar-refractivity contribution in [3.63, 3.8) is 0 Å². The van der Waals surface area contributed by atoms with Crippen molar-refractivity contribution in [3.8, 4) is 0 Å². The summed E-state index contributed by atoms with van der Waals surface area (Å²) in [5, 5.41) is 3.54. The van der Waals surface area contributed by atoms with Crippen molar-refractivity contribution in [2.24, 2.45) is 5.92 Å². The minimum atomic E-state index is 0.395. The van der Waals surface area contributed by atoms with Gasteiger partial charge in [0.05, 0.1) is 0 Å². The highest BCUT2D eigenvalue weighted by atomic mass is 14.9. The van der Waals surface area contributed by atoms with Gasteiger partial charge in [-0.25, -0.2) is 0 Å². The molecule has 1 heterocycles. The molecule has 1 aliphatic rings. The summed E-state index contributed by atoms with van der Waals surface area (Å²) in [7, 11) is 0. The van der Waals surface area contributed by atoms with Crippen molar-refractivity contribution in [1.29, 1.82) is 0 Å². The maximum atomic E-state index is 3.93. The molecule has 1 N–H and O–H groups in total. The second kappa shape index (κ2) is 6.95. The van der Waals surface area contributed by atoms with Crippen molar-refractivity contribution < 1.29 is 0 Å². The van der Waals surface area contributed by atoms with E-state index in [0.29, 0.717) is 12.0 Å². The second-order valence-electron chi connectivity index (χ2n) is 4.24. The van der Waals surface area contributed by atoms with Gasteiger partial charge in [0.1, 0.15) is 0 Å². The van der Waals surface area contributed by atoms with Crippen LogP contribution in [0.5, 0.6) is 0 Å². The maximum Gasteiger partial charge on any atom is 0.0453 e. The minimum Gasteiger partial charge on any atom is -0.379 e. The Morgan fingerprint density at radius 2 is 2.18 bits per heavy atom. The van der Waals surface area contributed by atoms with Gasteiger partial charge >= 0.3 is 0 Å². The van der Waals surface area contributed by atoms with Crippen LogP contribution in [0.15, 0.2) is 60.9 Å². The van der Waals surface area contributed by atoms with Gasteiger partial charge in [0.2, 0.25) is 0 Å². The standard InChI is InChI=1S/C16H23N/c1-5-9-11-14-12-13(7-3)15(8-4)16(17-14)10-6-2/h6-11,13-14,17H,3-5,12H2,1-2H3/b10-6-,11-9-. The van der Waals surface area contributed by atoms with Crippen LogP contribution in [0.4, 0.5) is 0 Å². The van der Waals surface area contributed by atoms with E-state index in [1.807, 2.05) is 19.1 Å². The lowest BCUT2D eigenvalue weighted by Crippen LogP contribution is -2.34. The zero-order valence-corrected chi connectivity index (χ0v) is 10.9. The molecule has 0 saturated heterocycles. The van der Waals surface area contributed by atoms with Gasteiger partial charge in [-0.15, -0.1) is 6.58 Å². The van der Waals surface area contributed by atoms with Crippen LogP contribution in [0.25, 0.3) is 0 Å². The van der Waals surface area contributed by atoms with Gasteiger partial charge in [-0.3, -0.25) is 0 Å². The fraction of sp³-hybridized carbons (Fsp3) is 0.375. The monoisotopic (exact) mass is 229 g/mol. The lowest BCUT2D eigenvalue weighted by Gasteiger charge is -2.30. The molecule has 0 saturated carbocycles. The van der Waals surface area contributed by atoms with Gasteiger partial charge < -0.3 is 5.32 Å². The number of nitrogens with one attached hydrogen (secondary N) is 1. The van der Waals surface area contributed by atoms with Gasteiger partial charge in [-0.2, -0.15) is 0 Å². The van der Waals surface area contributed by atoms with Crippen LogP contribution >= 0.6 is 0 Å². The molecular weight excluding hydrogens is 206 g/mol.